The number of halogens is 1. The Labute approximate surface area is 176 Å². The molecule has 1 amide bonds. The molecular formula is C21H25ClN2O4S. The van der Waals surface area contributed by atoms with Gasteiger partial charge in [0, 0.05) is 28.9 Å². The molecule has 1 N–H and O–H groups in total. The highest BCUT2D eigenvalue weighted by molar-refractivity contribution is 7.89. The second-order valence-electron chi connectivity index (χ2n) is 7.24. The molecule has 1 fully saturated rings. The number of nitrogens with one attached hydrogen (secondary N) is 1. The minimum atomic E-state index is -3.79. The predicted octanol–water partition coefficient (Wildman–Crippen LogP) is 4.47. The van der Waals surface area contributed by atoms with Gasteiger partial charge in [-0.2, -0.15) is 4.31 Å². The first-order valence-electron chi connectivity index (χ1n) is 9.51. The highest BCUT2D eigenvalue weighted by atomic mass is 35.5. The lowest BCUT2D eigenvalue weighted by Crippen LogP contribution is -2.42. The van der Waals surface area contributed by atoms with Gasteiger partial charge < -0.3 is 10.1 Å². The molecule has 0 spiro atoms. The lowest BCUT2D eigenvalue weighted by molar-refractivity contribution is 0.102. The molecule has 0 radical (unpaired) electrons. The summed E-state index contributed by atoms with van der Waals surface area (Å²) in [6.45, 7) is 4.21. The topological polar surface area (TPSA) is 75.7 Å². The Bertz CT molecular complexity index is 1020. The normalized spacial score (nSPS) is 17.7. The molecule has 1 unspecified atom stereocenters. The molecule has 0 saturated carbocycles. The van der Waals surface area contributed by atoms with E-state index in [1.807, 2.05) is 13.8 Å². The van der Waals surface area contributed by atoms with E-state index in [0.717, 1.165) is 24.8 Å². The van der Waals surface area contributed by atoms with Gasteiger partial charge in [-0.3, -0.25) is 4.79 Å². The third-order valence-electron chi connectivity index (χ3n) is 5.19. The molecule has 1 atom stereocenters. The number of methoxy groups -OCH3 is 1. The number of anilines is 1. The van der Waals surface area contributed by atoms with Crippen LogP contribution in [0.5, 0.6) is 5.75 Å². The molecule has 2 aromatic carbocycles. The van der Waals surface area contributed by atoms with Crippen molar-refractivity contribution in [2.45, 2.75) is 44.0 Å². The largest absolute Gasteiger partial charge is 0.495 e. The number of rotatable bonds is 5. The summed E-state index contributed by atoms with van der Waals surface area (Å²) in [5, 5.41) is 3.39. The molecule has 0 aliphatic carbocycles. The number of hydrogen-bond donors (Lipinski definition) is 1. The Morgan fingerprint density at radius 1 is 1.21 bits per heavy atom. The first kappa shape index (κ1) is 21.6. The molecule has 8 heteroatoms. The van der Waals surface area contributed by atoms with Crippen LogP contribution in [-0.4, -0.2) is 38.3 Å². The van der Waals surface area contributed by atoms with Crippen LogP contribution in [0.2, 0.25) is 5.02 Å². The Hall–Kier alpha value is -2.09. The van der Waals surface area contributed by atoms with Crippen LogP contribution < -0.4 is 10.1 Å². The number of aryl methyl sites for hydroxylation is 1. The standard InChI is InChI=1S/C21H25ClN2O4S/c1-14-12-17(22)8-9-18(14)23-21(25)16-7-10-19(28-3)20(13-16)29(26,27)24-11-5-4-6-15(24)2/h7-10,12-13,15H,4-6,11H2,1-3H3,(H,23,25). The Morgan fingerprint density at radius 2 is 1.97 bits per heavy atom. The minimum Gasteiger partial charge on any atom is -0.495 e. The van der Waals surface area contributed by atoms with E-state index in [1.165, 1.54) is 23.5 Å². The van der Waals surface area contributed by atoms with Crippen LogP contribution in [0.3, 0.4) is 0 Å². The van der Waals surface area contributed by atoms with E-state index in [-0.39, 0.29) is 22.3 Å². The fourth-order valence-electron chi connectivity index (χ4n) is 3.54. The lowest BCUT2D eigenvalue weighted by Gasteiger charge is -2.32. The molecule has 2 aromatic rings. The highest BCUT2D eigenvalue weighted by Crippen LogP contribution is 2.32. The van der Waals surface area contributed by atoms with Crippen LogP contribution in [0.25, 0.3) is 0 Å². The van der Waals surface area contributed by atoms with Crippen LogP contribution in [-0.2, 0) is 10.0 Å². The van der Waals surface area contributed by atoms with Crippen molar-refractivity contribution in [2.24, 2.45) is 0 Å². The van der Waals surface area contributed by atoms with Gasteiger partial charge in [-0.25, -0.2) is 8.42 Å². The van der Waals surface area contributed by atoms with Crippen molar-refractivity contribution < 1.29 is 17.9 Å². The number of ether oxygens (including phenoxy) is 1. The van der Waals surface area contributed by atoms with Crippen LogP contribution in [0, 0.1) is 6.92 Å². The third kappa shape index (κ3) is 4.57. The molecule has 29 heavy (non-hydrogen) atoms. The quantitative estimate of drug-likeness (QED) is 0.750. The second kappa shape index (κ2) is 8.73. The van der Waals surface area contributed by atoms with Crippen LogP contribution >= 0.6 is 11.6 Å². The number of sulfonamides is 1. The summed E-state index contributed by atoms with van der Waals surface area (Å²) >= 11 is 5.96. The summed E-state index contributed by atoms with van der Waals surface area (Å²) in [6.07, 6.45) is 2.65. The predicted molar refractivity (Wildman–Crippen MR) is 114 cm³/mol. The molecule has 6 nitrogen and oxygen atoms in total. The Kier molecular flexibility index (Phi) is 6.51. The zero-order chi connectivity index (χ0) is 21.2. The second-order valence-corrected chi connectivity index (χ2v) is 9.53. The summed E-state index contributed by atoms with van der Waals surface area (Å²) in [5.41, 5.74) is 1.67. The number of benzene rings is 2. The first-order chi connectivity index (χ1) is 13.7. The maximum Gasteiger partial charge on any atom is 0.255 e. The summed E-state index contributed by atoms with van der Waals surface area (Å²) < 4.78 is 33.4. The average Bonchev–Trinajstić information content (AvgIpc) is 2.69. The van der Waals surface area contributed by atoms with Crippen LogP contribution in [0.4, 0.5) is 5.69 Å². The van der Waals surface area contributed by atoms with Gasteiger partial charge in [-0.1, -0.05) is 18.0 Å². The van der Waals surface area contributed by atoms with E-state index < -0.39 is 15.9 Å². The van der Waals surface area contributed by atoms with Crippen molar-refractivity contribution >= 4 is 33.2 Å². The van der Waals surface area contributed by atoms with Gasteiger partial charge in [0.05, 0.1) is 7.11 Å². The summed E-state index contributed by atoms with van der Waals surface area (Å²) in [6, 6.07) is 9.52. The number of hydrogen-bond acceptors (Lipinski definition) is 4. The van der Waals surface area contributed by atoms with Crippen molar-refractivity contribution in [3.8, 4) is 5.75 Å². The van der Waals surface area contributed by atoms with Crippen molar-refractivity contribution in [3.63, 3.8) is 0 Å². The van der Waals surface area contributed by atoms with Gasteiger partial charge in [-0.05, 0) is 68.7 Å². The lowest BCUT2D eigenvalue weighted by atomic mass is 10.1. The molecule has 1 aliphatic heterocycles. The zero-order valence-electron chi connectivity index (χ0n) is 16.7. The van der Waals surface area contributed by atoms with E-state index in [2.05, 4.69) is 5.32 Å². The molecular weight excluding hydrogens is 412 g/mol. The molecule has 0 aromatic heterocycles. The SMILES string of the molecule is COc1ccc(C(=O)Nc2ccc(Cl)cc2C)cc1S(=O)(=O)N1CCCCC1C. The van der Waals surface area contributed by atoms with Gasteiger partial charge >= 0.3 is 0 Å². The highest BCUT2D eigenvalue weighted by Gasteiger charge is 2.33. The molecule has 156 valence electrons. The van der Waals surface area contributed by atoms with Gasteiger partial charge in [0.2, 0.25) is 10.0 Å². The van der Waals surface area contributed by atoms with Gasteiger partial charge in [0.1, 0.15) is 10.6 Å². The monoisotopic (exact) mass is 436 g/mol. The summed E-state index contributed by atoms with van der Waals surface area (Å²) in [4.78, 5) is 12.8. The van der Waals surface area contributed by atoms with Gasteiger partial charge in [-0.15, -0.1) is 0 Å². The minimum absolute atomic E-state index is 0.00854. The van der Waals surface area contributed by atoms with Crippen LogP contribution in [0.15, 0.2) is 41.3 Å². The summed E-state index contributed by atoms with van der Waals surface area (Å²) in [7, 11) is -2.36. The molecule has 0 bridgehead atoms. The first-order valence-corrected chi connectivity index (χ1v) is 11.3. The molecule has 1 saturated heterocycles. The van der Waals surface area contributed by atoms with Crippen molar-refractivity contribution in [1.29, 1.82) is 0 Å². The van der Waals surface area contributed by atoms with Crippen molar-refractivity contribution in [3.05, 3.63) is 52.5 Å². The van der Waals surface area contributed by atoms with Crippen LogP contribution in [0.1, 0.15) is 42.1 Å². The fraction of sp³-hybridized carbons (Fsp3) is 0.381. The van der Waals surface area contributed by atoms with Crippen molar-refractivity contribution in [2.75, 3.05) is 19.0 Å². The number of nitrogens with zero attached hydrogens (tertiary/aromatic N) is 1. The number of amides is 1. The van der Waals surface area contributed by atoms with E-state index in [9.17, 15) is 13.2 Å². The smallest absolute Gasteiger partial charge is 0.255 e. The third-order valence-corrected chi connectivity index (χ3v) is 7.46. The Morgan fingerprint density at radius 3 is 2.62 bits per heavy atom. The molecule has 3 rings (SSSR count). The number of piperidine rings is 1. The molecule has 1 heterocycles. The average molecular weight is 437 g/mol. The van der Waals surface area contributed by atoms with E-state index in [0.29, 0.717) is 17.3 Å². The van der Waals surface area contributed by atoms with E-state index in [1.54, 1.807) is 24.3 Å². The Balaban J connectivity index is 1.95. The number of carbonyl (C=O) groups is 1. The zero-order valence-corrected chi connectivity index (χ0v) is 18.3. The fourth-order valence-corrected chi connectivity index (χ4v) is 5.65. The number of carbonyl (C=O) groups excluding carboxylic acids is 1. The van der Waals surface area contributed by atoms with Gasteiger partial charge in [0.25, 0.3) is 5.91 Å². The summed E-state index contributed by atoms with van der Waals surface area (Å²) in [5.74, 6) is -0.178. The maximum atomic E-state index is 13.3. The van der Waals surface area contributed by atoms with Gasteiger partial charge in [0.15, 0.2) is 0 Å². The van der Waals surface area contributed by atoms with E-state index in [4.69, 9.17) is 16.3 Å². The maximum absolute atomic E-state index is 13.3. The van der Waals surface area contributed by atoms with E-state index >= 15 is 0 Å². The molecule has 1 aliphatic rings. The van der Waals surface area contributed by atoms with Crippen molar-refractivity contribution in [1.82, 2.24) is 4.31 Å².